The van der Waals surface area contributed by atoms with Crippen LogP contribution in [0.4, 0.5) is 0 Å². The van der Waals surface area contributed by atoms with Crippen LogP contribution in [0.3, 0.4) is 0 Å². The van der Waals surface area contributed by atoms with Crippen LogP contribution in [0.5, 0.6) is 5.75 Å². The van der Waals surface area contributed by atoms with E-state index in [0.29, 0.717) is 0 Å². The van der Waals surface area contributed by atoms with Crippen molar-refractivity contribution >= 4 is 11.8 Å². The molecule has 96 valence electrons. The molecule has 0 aliphatic rings. The first-order chi connectivity index (χ1) is 8.83. The highest BCUT2D eigenvalue weighted by atomic mass is 32.2. The number of H-pyrrole nitrogens is 1. The third-order valence-corrected chi connectivity index (χ3v) is 3.86. The van der Waals surface area contributed by atoms with Gasteiger partial charge in [0.2, 0.25) is 0 Å². The van der Waals surface area contributed by atoms with Crippen molar-refractivity contribution in [3.05, 3.63) is 41.6 Å². The third kappa shape index (κ3) is 3.29. The van der Waals surface area contributed by atoms with Gasteiger partial charge >= 0.3 is 0 Å². The summed E-state index contributed by atoms with van der Waals surface area (Å²) in [7, 11) is 1.69. The first-order valence-electron chi connectivity index (χ1n) is 6.11. The molecule has 0 saturated heterocycles. The van der Waals surface area contributed by atoms with Gasteiger partial charge in [0.05, 0.1) is 18.3 Å². The number of methoxy groups -OCH3 is 1. The molecule has 0 aliphatic heterocycles. The molecule has 2 aromatic rings. The Bertz CT molecular complexity index is 479. The van der Waals surface area contributed by atoms with Crippen molar-refractivity contribution in [2.24, 2.45) is 0 Å². The number of hydrogen-bond donors (Lipinski definition) is 1. The predicted octanol–water partition coefficient (Wildman–Crippen LogP) is 3.66. The molecule has 0 unspecified atom stereocenters. The van der Waals surface area contributed by atoms with Crippen LogP contribution in [-0.4, -0.2) is 17.3 Å². The van der Waals surface area contributed by atoms with Gasteiger partial charge in [-0.2, -0.15) is 5.10 Å². The number of rotatable bonds is 6. The Hall–Kier alpha value is -1.42. The summed E-state index contributed by atoms with van der Waals surface area (Å²) in [5.41, 5.74) is 2.61. The number of aryl methyl sites for hydroxylation is 1. The summed E-state index contributed by atoms with van der Waals surface area (Å²) in [5.74, 6) is 1.85. The van der Waals surface area contributed by atoms with E-state index in [4.69, 9.17) is 4.74 Å². The van der Waals surface area contributed by atoms with Gasteiger partial charge in [-0.3, -0.25) is 5.10 Å². The molecule has 0 aliphatic carbocycles. The monoisotopic (exact) mass is 262 g/mol. The zero-order valence-corrected chi connectivity index (χ0v) is 11.6. The second-order valence-electron chi connectivity index (χ2n) is 4.11. The normalized spacial score (nSPS) is 10.6. The molecule has 0 amide bonds. The molecule has 4 heteroatoms. The van der Waals surface area contributed by atoms with E-state index in [1.807, 2.05) is 18.3 Å². The van der Waals surface area contributed by atoms with E-state index >= 15 is 0 Å². The maximum absolute atomic E-state index is 5.15. The lowest BCUT2D eigenvalue weighted by Crippen LogP contribution is -1.87. The van der Waals surface area contributed by atoms with Crippen LogP contribution in [-0.2, 0) is 12.2 Å². The van der Waals surface area contributed by atoms with Gasteiger partial charge < -0.3 is 4.74 Å². The first kappa shape index (κ1) is 13.0. The number of nitrogens with zero attached hydrogens (tertiary/aromatic N) is 1. The van der Waals surface area contributed by atoms with Crippen LogP contribution < -0.4 is 4.74 Å². The predicted molar refractivity (Wildman–Crippen MR) is 75.1 cm³/mol. The molecule has 18 heavy (non-hydrogen) atoms. The molecule has 0 radical (unpaired) electrons. The minimum absolute atomic E-state index is 0.900. The zero-order valence-electron chi connectivity index (χ0n) is 10.8. The van der Waals surface area contributed by atoms with Gasteiger partial charge in [0.25, 0.3) is 0 Å². The van der Waals surface area contributed by atoms with E-state index in [0.717, 1.165) is 24.3 Å². The molecule has 0 fully saturated rings. The number of ether oxygens (including phenoxy) is 1. The highest BCUT2D eigenvalue weighted by Gasteiger charge is 2.05. The van der Waals surface area contributed by atoms with Crippen molar-refractivity contribution in [3.8, 4) is 5.75 Å². The van der Waals surface area contributed by atoms with Gasteiger partial charge in [-0.25, -0.2) is 0 Å². The fourth-order valence-electron chi connectivity index (χ4n) is 1.75. The van der Waals surface area contributed by atoms with E-state index in [9.17, 15) is 0 Å². The Kier molecular flexibility index (Phi) is 4.70. The summed E-state index contributed by atoms with van der Waals surface area (Å²) in [4.78, 5) is 0. The Labute approximate surface area is 112 Å². The average Bonchev–Trinajstić information content (AvgIpc) is 2.85. The Balaban J connectivity index is 1.95. The molecule has 1 heterocycles. The van der Waals surface area contributed by atoms with Crippen molar-refractivity contribution in [1.82, 2.24) is 10.2 Å². The van der Waals surface area contributed by atoms with Crippen molar-refractivity contribution in [2.45, 2.75) is 30.5 Å². The van der Waals surface area contributed by atoms with Crippen molar-refractivity contribution < 1.29 is 4.74 Å². The summed E-state index contributed by atoms with van der Waals surface area (Å²) < 4.78 is 5.15. The molecule has 2 rings (SSSR count). The van der Waals surface area contributed by atoms with Crippen molar-refractivity contribution in [2.75, 3.05) is 7.11 Å². The minimum Gasteiger partial charge on any atom is -0.497 e. The molecule has 0 atom stereocenters. The van der Waals surface area contributed by atoms with Gasteiger partial charge in [-0.1, -0.05) is 25.5 Å². The number of thioether (sulfide) groups is 1. The fraction of sp³-hybridized carbons (Fsp3) is 0.357. The molecular formula is C14H18N2OS. The Morgan fingerprint density at radius 3 is 2.72 bits per heavy atom. The molecule has 0 saturated carbocycles. The lowest BCUT2D eigenvalue weighted by molar-refractivity contribution is 0.414. The molecule has 1 aromatic carbocycles. The molecule has 0 spiro atoms. The van der Waals surface area contributed by atoms with E-state index in [2.05, 4.69) is 29.3 Å². The summed E-state index contributed by atoms with van der Waals surface area (Å²) in [6.07, 6.45) is 4.16. The molecule has 3 nitrogen and oxygen atoms in total. The highest BCUT2D eigenvalue weighted by Crippen LogP contribution is 2.25. The van der Waals surface area contributed by atoms with Crippen LogP contribution in [0.25, 0.3) is 0 Å². The van der Waals surface area contributed by atoms with Crippen LogP contribution in [0.2, 0.25) is 0 Å². The summed E-state index contributed by atoms with van der Waals surface area (Å²) in [6, 6.07) is 8.19. The topological polar surface area (TPSA) is 37.9 Å². The second kappa shape index (κ2) is 6.50. The SMILES string of the molecule is CCCc1cn[nH]c1SCc1ccc(OC)cc1. The lowest BCUT2D eigenvalue weighted by atomic mass is 10.2. The highest BCUT2D eigenvalue weighted by molar-refractivity contribution is 7.98. The van der Waals surface area contributed by atoms with E-state index < -0.39 is 0 Å². The minimum atomic E-state index is 0.900. The van der Waals surface area contributed by atoms with Crippen LogP contribution in [0.15, 0.2) is 35.5 Å². The quantitative estimate of drug-likeness (QED) is 0.807. The summed E-state index contributed by atoms with van der Waals surface area (Å²) in [5, 5.41) is 8.37. The van der Waals surface area contributed by atoms with Crippen LogP contribution >= 0.6 is 11.8 Å². The molecular weight excluding hydrogens is 244 g/mol. The Morgan fingerprint density at radius 2 is 2.06 bits per heavy atom. The standard InChI is InChI=1S/C14H18N2OS/c1-3-4-12-9-15-16-14(12)18-10-11-5-7-13(17-2)8-6-11/h5-9H,3-4,10H2,1-2H3,(H,15,16). The molecule has 1 N–H and O–H groups in total. The van der Waals surface area contributed by atoms with Gasteiger partial charge in [0.15, 0.2) is 0 Å². The van der Waals surface area contributed by atoms with Crippen molar-refractivity contribution in [1.29, 1.82) is 0 Å². The van der Waals surface area contributed by atoms with E-state index in [-0.39, 0.29) is 0 Å². The number of aromatic amines is 1. The van der Waals surface area contributed by atoms with Crippen LogP contribution in [0.1, 0.15) is 24.5 Å². The smallest absolute Gasteiger partial charge is 0.118 e. The van der Waals surface area contributed by atoms with Crippen LogP contribution in [0, 0.1) is 0 Å². The Morgan fingerprint density at radius 1 is 1.28 bits per heavy atom. The first-order valence-corrected chi connectivity index (χ1v) is 7.10. The summed E-state index contributed by atoms with van der Waals surface area (Å²) in [6.45, 7) is 2.19. The maximum atomic E-state index is 5.15. The number of nitrogens with one attached hydrogen (secondary N) is 1. The fourth-order valence-corrected chi connectivity index (χ4v) is 2.71. The second-order valence-corrected chi connectivity index (χ2v) is 5.10. The number of aromatic nitrogens is 2. The zero-order chi connectivity index (χ0) is 12.8. The largest absolute Gasteiger partial charge is 0.497 e. The van der Waals surface area contributed by atoms with Gasteiger partial charge in [0.1, 0.15) is 5.75 Å². The van der Waals surface area contributed by atoms with Gasteiger partial charge in [-0.15, -0.1) is 11.8 Å². The summed E-state index contributed by atoms with van der Waals surface area (Å²) >= 11 is 1.80. The third-order valence-electron chi connectivity index (χ3n) is 2.74. The van der Waals surface area contributed by atoms with Gasteiger partial charge in [-0.05, 0) is 24.1 Å². The maximum Gasteiger partial charge on any atom is 0.118 e. The van der Waals surface area contributed by atoms with Gasteiger partial charge in [0, 0.05) is 11.3 Å². The molecule has 0 bridgehead atoms. The van der Waals surface area contributed by atoms with Crippen molar-refractivity contribution in [3.63, 3.8) is 0 Å². The van der Waals surface area contributed by atoms with E-state index in [1.165, 1.54) is 16.2 Å². The molecule has 1 aromatic heterocycles. The number of hydrogen-bond acceptors (Lipinski definition) is 3. The number of benzene rings is 1. The van der Waals surface area contributed by atoms with E-state index in [1.54, 1.807) is 18.9 Å². The average molecular weight is 262 g/mol. The lowest BCUT2D eigenvalue weighted by Gasteiger charge is -2.04.